The number of aliphatic hydroxyl groups excluding tert-OH is 1. The van der Waals surface area contributed by atoms with E-state index in [1.807, 2.05) is 0 Å². The van der Waals surface area contributed by atoms with Crippen molar-refractivity contribution < 1.29 is 80.2 Å². The van der Waals surface area contributed by atoms with Gasteiger partial charge in [0.1, 0.15) is 19.3 Å². The summed E-state index contributed by atoms with van der Waals surface area (Å²) < 4.78 is 68.2. The van der Waals surface area contributed by atoms with Crippen LogP contribution in [-0.4, -0.2) is 96.7 Å². The molecule has 0 bridgehead atoms. The molecule has 0 saturated carbocycles. The van der Waals surface area contributed by atoms with Crippen LogP contribution in [0.5, 0.6) is 0 Å². The Morgan fingerprint density at radius 1 is 0.318 bits per heavy atom. The van der Waals surface area contributed by atoms with Crippen LogP contribution in [0, 0.1) is 23.7 Å². The molecular weight excluding hydrogens is 1160 g/mol. The summed E-state index contributed by atoms with van der Waals surface area (Å²) in [7, 11) is -9.90. The second-order valence-corrected chi connectivity index (χ2v) is 29.3. The molecular formula is C69H134O17P2. The normalized spacial score (nSPS) is 14.9. The van der Waals surface area contributed by atoms with Gasteiger partial charge in [-0.25, -0.2) is 9.13 Å². The van der Waals surface area contributed by atoms with Gasteiger partial charge in [0.25, 0.3) is 0 Å². The van der Waals surface area contributed by atoms with Crippen molar-refractivity contribution in [3.8, 4) is 0 Å². The number of hydrogen-bond acceptors (Lipinski definition) is 15. The average molecular weight is 1300 g/mol. The molecule has 0 rings (SSSR count). The molecule has 0 aromatic rings. The third-order valence-electron chi connectivity index (χ3n) is 16.5. The summed E-state index contributed by atoms with van der Waals surface area (Å²) in [5.74, 6) is 0.836. The zero-order valence-electron chi connectivity index (χ0n) is 57.3. The summed E-state index contributed by atoms with van der Waals surface area (Å²) >= 11 is 0. The Labute approximate surface area is 537 Å². The largest absolute Gasteiger partial charge is 0.472 e. The number of aliphatic hydroxyl groups is 1. The predicted molar refractivity (Wildman–Crippen MR) is 354 cm³/mol. The number of hydrogen-bond donors (Lipinski definition) is 3. The lowest BCUT2D eigenvalue weighted by Crippen LogP contribution is -2.30. The van der Waals surface area contributed by atoms with Crippen LogP contribution < -0.4 is 0 Å². The van der Waals surface area contributed by atoms with Gasteiger partial charge in [-0.1, -0.05) is 287 Å². The van der Waals surface area contributed by atoms with Crippen molar-refractivity contribution in [2.24, 2.45) is 23.7 Å². The highest BCUT2D eigenvalue weighted by atomic mass is 31.2. The lowest BCUT2D eigenvalue weighted by molar-refractivity contribution is -0.161. The second kappa shape index (κ2) is 58.8. The first kappa shape index (κ1) is 86.1. The van der Waals surface area contributed by atoms with Crippen molar-refractivity contribution in [1.29, 1.82) is 0 Å². The molecule has 0 saturated heterocycles. The van der Waals surface area contributed by atoms with Gasteiger partial charge in [-0.05, 0) is 49.4 Å². The third-order valence-corrected chi connectivity index (χ3v) is 18.4. The number of ether oxygens (including phenoxy) is 4. The van der Waals surface area contributed by atoms with E-state index in [9.17, 15) is 43.2 Å². The van der Waals surface area contributed by atoms with Crippen LogP contribution in [0.1, 0.15) is 338 Å². The Morgan fingerprint density at radius 2 is 0.545 bits per heavy atom. The van der Waals surface area contributed by atoms with Gasteiger partial charge in [0, 0.05) is 25.7 Å². The van der Waals surface area contributed by atoms with Gasteiger partial charge in [-0.3, -0.25) is 37.3 Å². The number of phosphoric ester groups is 2. The zero-order valence-corrected chi connectivity index (χ0v) is 59.1. The maximum Gasteiger partial charge on any atom is 0.472 e. The first-order valence-electron chi connectivity index (χ1n) is 35.8. The van der Waals surface area contributed by atoms with E-state index in [0.717, 1.165) is 114 Å². The number of carbonyl (C=O) groups excluding carboxylic acids is 4. The summed E-state index contributed by atoms with van der Waals surface area (Å²) in [6, 6.07) is 0. The van der Waals surface area contributed by atoms with Crippen molar-refractivity contribution in [2.75, 3.05) is 39.6 Å². The molecule has 0 aliphatic carbocycles. The molecule has 522 valence electrons. The minimum atomic E-state index is -4.95. The van der Waals surface area contributed by atoms with Crippen molar-refractivity contribution >= 4 is 39.5 Å². The maximum absolute atomic E-state index is 13.0. The summed E-state index contributed by atoms with van der Waals surface area (Å²) in [4.78, 5) is 72.4. The number of carbonyl (C=O) groups is 4. The molecule has 0 aliphatic heterocycles. The minimum Gasteiger partial charge on any atom is -0.462 e. The van der Waals surface area contributed by atoms with Crippen LogP contribution >= 0.6 is 15.6 Å². The highest BCUT2D eigenvalue weighted by molar-refractivity contribution is 7.47. The zero-order chi connectivity index (χ0) is 65.4. The number of phosphoric acid groups is 2. The van der Waals surface area contributed by atoms with Crippen molar-refractivity contribution in [3.05, 3.63) is 0 Å². The number of esters is 4. The van der Waals surface area contributed by atoms with Gasteiger partial charge in [0.05, 0.1) is 26.4 Å². The van der Waals surface area contributed by atoms with E-state index in [4.69, 9.17) is 37.0 Å². The monoisotopic (exact) mass is 1300 g/mol. The van der Waals surface area contributed by atoms with Gasteiger partial charge in [0.2, 0.25) is 0 Å². The molecule has 0 fully saturated rings. The van der Waals surface area contributed by atoms with Crippen molar-refractivity contribution in [2.45, 2.75) is 356 Å². The molecule has 0 aromatic carbocycles. The topological polar surface area (TPSA) is 237 Å². The molecule has 17 nitrogen and oxygen atoms in total. The van der Waals surface area contributed by atoms with E-state index in [2.05, 4.69) is 55.4 Å². The Hall–Kier alpha value is -1.94. The molecule has 0 aromatic heterocycles. The molecule has 0 heterocycles. The third kappa shape index (κ3) is 60.3. The van der Waals surface area contributed by atoms with E-state index >= 15 is 0 Å². The fourth-order valence-electron chi connectivity index (χ4n) is 10.2. The smallest absolute Gasteiger partial charge is 0.462 e. The van der Waals surface area contributed by atoms with Gasteiger partial charge in [-0.2, -0.15) is 0 Å². The van der Waals surface area contributed by atoms with Crippen molar-refractivity contribution in [1.82, 2.24) is 0 Å². The summed E-state index contributed by atoms with van der Waals surface area (Å²) in [6.45, 7) is 14.0. The van der Waals surface area contributed by atoms with E-state index < -0.39 is 97.5 Å². The Kier molecular flexibility index (Phi) is 57.6. The highest BCUT2D eigenvalue weighted by Gasteiger charge is 2.30. The molecule has 19 heteroatoms. The van der Waals surface area contributed by atoms with E-state index in [1.165, 1.54) is 135 Å². The van der Waals surface area contributed by atoms with Crippen LogP contribution in [-0.2, 0) is 65.4 Å². The highest BCUT2D eigenvalue weighted by Crippen LogP contribution is 2.45. The van der Waals surface area contributed by atoms with Crippen LogP contribution in [0.15, 0.2) is 0 Å². The number of rotatable bonds is 66. The van der Waals surface area contributed by atoms with Crippen LogP contribution in [0.2, 0.25) is 0 Å². The second-order valence-electron chi connectivity index (χ2n) is 26.4. The van der Waals surface area contributed by atoms with Gasteiger partial charge < -0.3 is 33.8 Å². The fraction of sp³-hybridized carbons (Fsp3) is 0.942. The Bertz CT molecular complexity index is 1750. The van der Waals surface area contributed by atoms with Crippen LogP contribution in [0.25, 0.3) is 0 Å². The van der Waals surface area contributed by atoms with Gasteiger partial charge in [-0.15, -0.1) is 0 Å². The first-order chi connectivity index (χ1) is 42.2. The quantitative estimate of drug-likeness (QED) is 0.0222. The average Bonchev–Trinajstić information content (AvgIpc) is 3.71. The summed E-state index contributed by atoms with van der Waals surface area (Å²) in [6.07, 6.45) is 40.5. The fourth-order valence-corrected chi connectivity index (χ4v) is 11.8. The predicted octanol–water partition coefficient (Wildman–Crippen LogP) is 19.3. The van der Waals surface area contributed by atoms with Crippen LogP contribution in [0.3, 0.4) is 0 Å². The minimum absolute atomic E-state index is 0.102. The lowest BCUT2D eigenvalue weighted by Gasteiger charge is -2.21. The molecule has 0 aliphatic rings. The standard InChI is InChI=1S/C69H134O17P2/c1-9-61(7)47-39-31-22-17-15-13-11-12-14-16-18-24-35-43-51-68(73)85-64(56-80-67(72)50-42-34-27-25-30-38-46-60(5)6)57-83-87(75,76)81-53-63(70)54-82-88(77,78)84-58-65(86-69(74)52-44-36-28-26-32-40-48-62(8)10-2)55-79-66(71)49-41-33-23-20-19-21-29-37-45-59(3)4/h59-65,70H,9-58H2,1-8H3,(H,75,76)(H,77,78)/t61?,62?,63?,64-,65-/m1/s1. The molecule has 0 spiro atoms. The van der Waals surface area contributed by atoms with E-state index in [-0.39, 0.29) is 25.7 Å². The van der Waals surface area contributed by atoms with Crippen LogP contribution in [0.4, 0.5) is 0 Å². The Morgan fingerprint density at radius 3 is 0.807 bits per heavy atom. The van der Waals surface area contributed by atoms with Crippen molar-refractivity contribution in [3.63, 3.8) is 0 Å². The maximum atomic E-state index is 13.0. The van der Waals surface area contributed by atoms with E-state index in [1.54, 1.807) is 0 Å². The molecule has 3 N–H and O–H groups in total. The number of unbranched alkanes of at least 4 members (excludes halogenated alkanes) is 30. The lowest BCUT2D eigenvalue weighted by atomic mass is 9.99. The summed E-state index contributed by atoms with van der Waals surface area (Å²) in [5.41, 5.74) is 0. The van der Waals surface area contributed by atoms with E-state index in [0.29, 0.717) is 31.6 Å². The van der Waals surface area contributed by atoms with Gasteiger partial charge >= 0.3 is 39.5 Å². The summed E-state index contributed by atoms with van der Waals surface area (Å²) in [5, 5.41) is 10.6. The molecule has 0 radical (unpaired) electrons. The van der Waals surface area contributed by atoms with Gasteiger partial charge in [0.15, 0.2) is 12.2 Å². The molecule has 7 atom stereocenters. The molecule has 88 heavy (non-hydrogen) atoms. The first-order valence-corrected chi connectivity index (χ1v) is 38.8. The molecule has 0 amide bonds. The SMILES string of the molecule is CCC(C)CCCCCCCCCCCCCCCCC(=O)O[C@H](COC(=O)CCCCCCCCC(C)C)COP(=O)(O)OCC(O)COP(=O)(O)OC[C@@H](COC(=O)CCCCCCCCCCC(C)C)OC(=O)CCCCCCCCC(C)CC. The molecule has 5 unspecified atom stereocenters. The Balaban J connectivity index is 5.20.